The van der Waals surface area contributed by atoms with Crippen molar-refractivity contribution in [1.29, 1.82) is 0 Å². The maximum Gasteiger partial charge on any atom is 0.184 e. The second-order valence-corrected chi connectivity index (χ2v) is 7.07. The number of hydrogen-bond acceptors (Lipinski definition) is 4. The molecule has 0 saturated carbocycles. The number of pyridine rings is 1. The molecule has 2 N–H and O–H groups in total. The van der Waals surface area contributed by atoms with Crippen LogP contribution in [0.1, 0.15) is 11.3 Å². The molecular weight excluding hydrogens is 328 g/mol. The molecule has 0 atom stereocenters. The van der Waals surface area contributed by atoms with Crippen LogP contribution in [0.3, 0.4) is 0 Å². The van der Waals surface area contributed by atoms with E-state index in [9.17, 15) is 8.42 Å². The van der Waals surface area contributed by atoms with Crippen LogP contribution in [0, 0.1) is 6.92 Å². The molecule has 2 aromatic rings. The molecule has 19 heavy (non-hydrogen) atoms. The number of halogens is 1. The summed E-state index contributed by atoms with van der Waals surface area (Å²) in [5.74, 6) is -0.134. The Hall–Kier alpha value is -1.40. The summed E-state index contributed by atoms with van der Waals surface area (Å²) in [6, 6.07) is 8.35. The van der Waals surface area contributed by atoms with E-state index in [1.165, 1.54) is 0 Å². The lowest BCUT2D eigenvalue weighted by Gasteiger charge is -2.09. The predicted octanol–water partition coefficient (Wildman–Crippen LogP) is 2.71. The van der Waals surface area contributed by atoms with Crippen molar-refractivity contribution in [3.05, 3.63) is 52.3 Å². The highest BCUT2D eigenvalue weighted by Gasteiger charge is 2.19. The van der Waals surface area contributed by atoms with Gasteiger partial charge in [-0.25, -0.2) is 8.42 Å². The van der Waals surface area contributed by atoms with Crippen LogP contribution in [0.2, 0.25) is 0 Å². The number of anilines is 1. The molecule has 0 unspecified atom stereocenters. The Kier molecular flexibility index (Phi) is 3.91. The first-order valence-electron chi connectivity index (χ1n) is 5.58. The van der Waals surface area contributed by atoms with Crippen molar-refractivity contribution in [2.24, 2.45) is 0 Å². The van der Waals surface area contributed by atoms with E-state index in [0.717, 1.165) is 4.47 Å². The second-order valence-electron chi connectivity index (χ2n) is 4.20. The predicted molar refractivity (Wildman–Crippen MR) is 78.4 cm³/mol. The molecule has 0 spiro atoms. The molecule has 0 amide bonds. The van der Waals surface area contributed by atoms with Crippen molar-refractivity contribution in [3.63, 3.8) is 0 Å². The van der Waals surface area contributed by atoms with Gasteiger partial charge >= 0.3 is 0 Å². The Bertz CT molecular complexity index is 697. The highest BCUT2D eigenvalue weighted by atomic mass is 79.9. The Morgan fingerprint density at radius 2 is 2.00 bits per heavy atom. The average Bonchev–Trinajstić information content (AvgIpc) is 2.35. The minimum absolute atomic E-state index is 0.134. The zero-order valence-corrected chi connectivity index (χ0v) is 12.7. The number of benzene rings is 1. The van der Waals surface area contributed by atoms with Crippen molar-refractivity contribution < 1.29 is 8.42 Å². The average molecular weight is 341 g/mol. The van der Waals surface area contributed by atoms with Crippen LogP contribution >= 0.6 is 15.9 Å². The van der Waals surface area contributed by atoms with Crippen molar-refractivity contribution in [3.8, 4) is 0 Å². The number of hydrogen-bond donors (Lipinski definition) is 1. The normalized spacial score (nSPS) is 11.5. The van der Waals surface area contributed by atoms with Gasteiger partial charge in [0.1, 0.15) is 0 Å². The monoisotopic (exact) mass is 340 g/mol. The smallest absolute Gasteiger partial charge is 0.184 e. The summed E-state index contributed by atoms with van der Waals surface area (Å²) >= 11 is 3.26. The number of nitrogen functional groups attached to an aromatic ring is 1. The maximum absolute atomic E-state index is 12.4. The van der Waals surface area contributed by atoms with Gasteiger partial charge in [0, 0.05) is 16.4 Å². The van der Waals surface area contributed by atoms with E-state index in [1.807, 2.05) is 0 Å². The summed E-state index contributed by atoms with van der Waals surface area (Å²) in [5.41, 5.74) is 7.31. The van der Waals surface area contributed by atoms with Crippen LogP contribution in [0.4, 0.5) is 5.69 Å². The third kappa shape index (κ3) is 3.13. The lowest BCUT2D eigenvalue weighted by Crippen LogP contribution is -2.09. The van der Waals surface area contributed by atoms with Crippen LogP contribution < -0.4 is 5.73 Å². The second kappa shape index (κ2) is 5.30. The molecule has 2 rings (SSSR count). The SMILES string of the molecule is Cc1c(N)cccc1S(=O)(=O)Cc1ccc(Br)cn1. The van der Waals surface area contributed by atoms with Crippen molar-refractivity contribution in [2.45, 2.75) is 17.6 Å². The van der Waals surface area contributed by atoms with Gasteiger partial charge in [-0.15, -0.1) is 0 Å². The van der Waals surface area contributed by atoms with Crippen LogP contribution in [0.15, 0.2) is 45.9 Å². The lowest BCUT2D eigenvalue weighted by atomic mass is 10.2. The molecule has 0 radical (unpaired) electrons. The van der Waals surface area contributed by atoms with E-state index in [0.29, 0.717) is 16.9 Å². The molecule has 0 aliphatic rings. The standard InChI is InChI=1S/C13H13BrN2O2S/c1-9-12(15)3-2-4-13(9)19(17,18)8-11-6-5-10(14)7-16-11/h2-7H,8,15H2,1H3. The zero-order chi connectivity index (χ0) is 14.0. The fourth-order valence-electron chi connectivity index (χ4n) is 1.73. The quantitative estimate of drug-likeness (QED) is 0.872. The van der Waals surface area contributed by atoms with E-state index >= 15 is 0 Å². The van der Waals surface area contributed by atoms with Gasteiger partial charge in [-0.1, -0.05) is 6.07 Å². The molecule has 100 valence electrons. The number of rotatable bonds is 3. The van der Waals surface area contributed by atoms with Crippen LogP contribution in [0.5, 0.6) is 0 Å². The first-order valence-corrected chi connectivity index (χ1v) is 8.03. The van der Waals surface area contributed by atoms with Crippen LogP contribution in [-0.2, 0) is 15.6 Å². The van der Waals surface area contributed by atoms with Gasteiger partial charge in [0.2, 0.25) is 0 Å². The summed E-state index contributed by atoms with van der Waals surface area (Å²) in [5, 5.41) is 0. The van der Waals surface area contributed by atoms with Crippen LogP contribution in [-0.4, -0.2) is 13.4 Å². The van der Waals surface area contributed by atoms with Crippen molar-refractivity contribution in [2.75, 3.05) is 5.73 Å². The lowest BCUT2D eigenvalue weighted by molar-refractivity contribution is 0.594. The summed E-state index contributed by atoms with van der Waals surface area (Å²) in [7, 11) is -3.44. The summed E-state index contributed by atoms with van der Waals surface area (Å²) in [6.07, 6.45) is 1.58. The molecule has 4 nitrogen and oxygen atoms in total. The van der Waals surface area contributed by atoms with Gasteiger partial charge < -0.3 is 5.73 Å². The third-order valence-corrected chi connectivity index (χ3v) is 5.04. The molecule has 0 saturated heterocycles. The largest absolute Gasteiger partial charge is 0.398 e. The van der Waals surface area contributed by atoms with E-state index in [4.69, 9.17) is 5.73 Å². The summed E-state index contributed by atoms with van der Waals surface area (Å²) in [6.45, 7) is 1.71. The number of nitrogens with zero attached hydrogens (tertiary/aromatic N) is 1. The Balaban J connectivity index is 2.38. The maximum atomic E-state index is 12.4. The first-order chi connectivity index (χ1) is 8.90. The van der Waals surface area contributed by atoms with E-state index in [-0.39, 0.29) is 10.6 Å². The number of aromatic nitrogens is 1. The Labute approximate surface area is 120 Å². The van der Waals surface area contributed by atoms with E-state index in [1.54, 1.807) is 43.5 Å². The zero-order valence-electron chi connectivity index (χ0n) is 10.3. The minimum Gasteiger partial charge on any atom is -0.398 e. The molecule has 0 fully saturated rings. The highest BCUT2D eigenvalue weighted by molar-refractivity contribution is 9.10. The van der Waals surface area contributed by atoms with Gasteiger partial charge in [-0.2, -0.15) is 0 Å². The Morgan fingerprint density at radius 3 is 2.63 bits per heavy atom. The minimum atomic E-state index is -3.44. The number of nitrogens with two attached hydrogens (primary N) is 1. The fourth-order valence-corrected chi connectivity index (χ4v) is 3.55. The topological polar surface area (TPSA) is 73.1 Å². The van der Waals surface area contributed by atoms with Crippen molar-refractivity contribution >= 4 is 31.5 Å². The molecule has 0 aliphatic carbocycles. The number of sulfone groups is 1. The van der Waals surface area contributed by atoms with E-state index in [2.05, 4.69) is 20.9 Å². The van der Waals surface area contributed by atoms with E-state index < -0.39 is 9.84 Å². The summed E-state index contributed by atoms with van der Waals surface area (Å²) in [4.78, 5) is 4.35. The van der Waals surface area contributed by atoms with Gasteiger partial charge in [0.25, 0.3) is 0 Å². The fraction of sp³-hybridized carbons (Fsp3) is 0.154. The van der Waals surface area contributed by atoms with Gasteiger partial charge in [-0.3, -0.25) is 4.98 Å². The van der Waals surface area contributed by atoms with Crippen molar-refractivity contribution in [1.82, 2.24) is 4.98 Å². The molecule has 1 aromatic heterocycles. The Morgan fingerprint density at radius 1 is 1.26 bits per heavy atom. The summed E-state index contributed by atoms with van der Waals surface area (Å²) < 4.78 is 25.5. The van der Waals surface area contributed by atoms with Gasteiger partial charge in [0.05, 0.1) is 16.3 Å². The molecule has 0 bridgehead atoms. The van der Waals surface area contributed by atoms with Crippen LogP contribution in [0.25, 0.3) is 0 Å². The molecule has 6 heteroatoms. The highest BCUT2D eigenvalue weighted by Crippen LogP contribution is 2.23. The molecule has 1 aromatic carbocycles. The van der Waals surface area contributed by atoms with Gasteiger partial charge in [0.15, 0.2) is 9.84 Å². The molecule has 0 aliphatic heterocycles. The third-order valence-electron chi connectivity index (χ3n) is 2.79. The van der Waals surface area contributed by atoms with Gasteiger partial charge in [-0.05, 0) is 52.7 Å². The molecule has 1 heterocycles. The first kappa shape index (κ1) is 14.0. The molecular formula is C13H13BrN2O2S.